The van der Waals surface area contributed by atoms with Crippen LogP contribution in [0.2, 0.25) is 0 Å². The number of nitrogens with two attached hydrogens (primary N) is 1. The van der Waals surface area contributed by atoms with Gasteiger partial charge < -0.3 is 15.9 Å². The van der Waals surface area contributed by atoms with Crippen molar-refractivity contribution in [2.24, 2.45) is 11.8 Å². The number of carbonyl (C=O) groups is 1. The van der Waals surface area contributed by atoms with Gasteiger partial charge in [0, 0.05) is 0 Å². The Bertz CT molecular complexity index is 627. The van der Waals surface area contributed by atoms with Gasteiger partial charge in [0.25, 0.3) is 0 Å². The lowest BCUT2D eigenvalue weighted by Gasteiger charge is -2.31. The lowest BCUT2D eigenvalue weighted by atomic mass is 9.75. The van der Waals surface area contributed by atoms with E-state index in [-0.39, 0.29) is 17.6 Å². The summed E-state index contributed by atoms with van der Waals surface area (Å²) in [6.45, 7) is 1.45. The molecule has 4 heteroatoms. The average Bonchev–Trinajstić information content (AvgIpc) is 2.64. The van der Waals surface area contributed by atoms with Crippen molar-refractivity contribution in [3.05, 3.63) is 23.3 Å². The molecule has 0 bridgehead atoms. The van der Waals surface area contributed by atoms with Gasteiger partial charge >= 0.3 is 0 Å². The first-order valence-electron chi connectivity index (χ1n) is 10.3. The number of rotatable bonds is 5. The number of hydrogen-bond acceptors (Lipinski definition) is 4. The molecule has 2 aliphatic carbocycles. The molecule has 1 aromatic carbocycles. The molecule has 0 unspecified atom stereocenters. The fourth-order valence-corrected chi connectivity index (χ4v) is 4.93. The number of phenolic OH excluding ortho intramolecular Hbond substituents is 1. The van der Waals surface area contributed by atoms with E-state index in [1.807, 2.05) is 6.07 Å². The van der Waals surface area contributed by atoms with E-state index in [9.17, 15) is 15.0 Å². The van der Waals surface area contributed by atoms with Crippen LogP contribution in [-0.4, -0.2) is 22.1 Å². The van der Waals surface area contributed by atoms with Crippen molar-refractivity contribution in [3.63, 3.8) is 0 Å². The highest BCUT2D eigenvalue weighted by Crippen LogP contribution is 2.43. The number of Topliss-reactive ketones (excluding diaryl/α,β-unsaturated/α-hetero) is 1. The summed E-state index contributed by atoms with van der Waals surface area (Å²) in [5.41, 5.74) is 7.85. The van der Waals surface area contributed by atoms with E-state index in [4.69, 9.17) is 5.73 Å². The molecule has 0 aliphatic heterocycles. The molecule has 144 valence electrons. The standard InChI is InChI=1S/C22H33NO3/c1-14(24)19-12-13-20(21(23)22(19)26)17-8-4-15(5-9-17)2-3-16-6-10-18(25)11-7-16/h12-13,15-18,25-26H,2-11,23H2,1H3. The molecule has 2 saturated carbocycles. The van der Waals surface area contributed by atoms with Gasteiger partial charge in [-0.05, 0) is 87.7 Å². The Balaban J connectivity index is 1.51. The molecule has 0 atom stereocenters. The number of nitrogen functional groups attached to an aromatic ring is 1. The number of phenols is 1. The van der Waals surface area contributed by atoms with Crippen molar-refractivity contribution >= 4 is 11.5 Å². The Morgan fingerprint density at radius 1 is 1.00 bits per heavy atom. The van der Waals surface area contributed by atoms with Crippen LogP contribution in [0.5, 0.6) is 5.75 Å². The van der Waals surface area contributed by atoms with Gasteiger partial charge in [-0.2, -0.15) is 0 Å². The molecule has 2 aliphatic rings. The van der Waals surface area contributed by atoms with Gasteiger partial charge in [-0.15, -0.1) is 0 Å². The highest BCUT2D eigenvalue weighted by atomic mass is 16.3. The molecule has 4 N–H and O–H groups in total. The molecule has 1 aromatic rings. The van der Waals surface area contributed by atoms with Crippen LogP contribution in [0.25, 0.3) is 0 Å². The van der Waals surface area contributed by atoms with Crippen LogP contribution in [-0.2, 0) is 0 Å². The fraction of sp³-hybridized carbons (Fsp3) is 0.682. The SMILES string of the molecule is CC(=O)c1ccc(C2CCC(CCC3CCC(O)CC3)CC2)c(N)c1O. The van der Waals surface area contributed by atoms with Crippen LogP contribution in [0.1, 0.15) is 93.0 Å². The highest BCUT2D eigenvalue weighted by Gasteiger charge is 2.27. The molecule has 4 nitrogen and oxygen atoms in total. The molecule has 0 spiro atoms. The Kier molecular flexibility index (Phi) is 6.23. The number of anilines is 1. The van der Waals surface area contributed by atoms with E-state index < -0.39 is 0 Å². The molecule has 0 heterocycles. The van der Waals surface area contributed by atoms with Gasteiger partial charge in [0.05, 0.1) is 17.4 Å². The Morgan fingerprint density at radius 2 is 1.54 bits per heavy atom. The van der Waals surface area contributed by atoms with Crippen LogP contribution >= 0.6 is 0 Å². The third-order valence-corrected chi connectivity index (χ3v) is 6.72. The van der Waals surface area contributed by atoms with E-state index in [0.717, 1.165) is 43.1 Å². The van der Waals surface area contributed by atoms with Gasteiger partial charge in [-0.25, -0.2) is 0 Å². The Labute approximate surface area is 156 Å². The van der Waals surface area contributed by atoms with E-state index in [1.165, 1.54) is 45.4 Å². The highest BCUT2D eigenvalue weighted by molar-refractivity contribution is 5.98. The minimum atomic E-state index is -0.153. The first-order chi connectivity index (χ1) is 12.5. The molecule has 26 heavy (non-hydrogen) atoms. The normalized spacial score (nSPS) is 29.5. The largest absolute Gasteiger partial charge is 0.505 e. The maximum atomic E-state index is 11.5. The van der Waals surface area contributed by atoms with Crippen molar-refractivity contribution in [2.75, 3.05) is 5.73 Å². The zero-order valence-electron chi connectivity index (χ0n) is 15.9. The summed E-state index contributed by atoms with van der Waals surface area (Å²) >= 11 is 0. The monoisotopic (exact) mass is 359 g/mol. The van der Waals surface area contributed by atoms with Gasteiger partial charge in [-0.3, -0.25) is 4.79 Å². The van der Waals surface area contributed by atoms with Crippen molar-refractivity contribution in [1.29, 1.82) is 0 Å². The quantitative estimate of drug-likeness (QED) is 0.401. The van der Waals surface area contributed by atoms with Crippen molar-refractivity contribution in [1.82, 2.24) is 0 Å². The summed E-state index contributed by atoms with van der Waals surface area (Å²) in [7, 11) is 0. The topological polar surface area (TPSA) is 83.5 Å². The number of carbonyl (C=O) groups excluding carboxylic acids is 1. The summed E-state index contributed by atoms with van der Waals surface area (Å²) in [4.78, 5) is 11.5. The zero-order chi connectivity index (χ0) is 18.7. The number of ketones is 1. The lowest BCUT2D eigenvalue weighted by Crippen LogP contribution is -2.20. The van der Waals surface area contributed by atoms with Crippen LogP contribution in [0.15, 0.2) is 12.1 Å². The van der Waals surface area contributed by atoms with Crippen LogP contribution in [0, 0.1) is 11.8 Å². The summed E-state index contributed by atoms with van der Waals surface area (Å²) < 4.78 is 0. The maximum Gasteiger partial charge on any atom is 0.163 e. The van der Waals surface area contributed by atoms with E-state index in [2.05, 4.69) is 0 Å². The smallest absolute Gasteiger partial charge is 0.163 e. The third-order valence-electron chi connectivity index (χ3n) is 6.72. The van der Waals surface area contributed by atoms with Crippen molar-refractivity contribution < 1.29 is 15.0 Å². The minimum absolute atomic E-state index is 0.0448. The second kappa shape index (κ2) is 8.43. The zero-order valence-corrected chi connectivity index (χ0v) is 15.9. The summed E-state index contributed by atoms with van der Waals surface area (Å²) in [5, 5.41) is 19.8. The number of aliphatic hydroxyl groups excluding tert-OH is 1. The molecular formula is C22H33NO3. The van der Waals surface area contributed by atoms with Gasteiger partial charge in [-0.1, -0.05) is 18.9 Å². The molecule has 0 radical (unpaired) electrons. The lowest BCUT2D eigenvalue weighted by molar-refractivity contribution is 0.101. The van der Waals surface area contributed by atoms with Gasteiger partial charge in [0.15, 0.2) is 5.78 Å². The van der Waals surface area contributed by atoms with E-state index in [1.54, 1.807) is 6.07 Å². The number of hydrogen-bond donors (Lipinski definition) is 3. The van der Waals surface area contributed by atoms with Gasteiger partial charge in [0.2, 0.25) is 0 Å². The number of benzene rings is 1. The van der Waals surface area contributed by atoms with Gasteiger partial charge in [0.1, 0.15) is 5.75 Å². The predicted octanol–water partition coefficient (Wildman–Crippen LogP) is 4.78. The number of aromatic hydroxyl groups is 1. The first kappa shape index (κ1) is 19.2. The molecular weight excluding hydrogens is 326 g/mol. The summed E-state index contributed by atoms with van der Waals surface area (Å²) in [6, 6.07) is 3.65. The molecule has 2 fully saturated rings. The van der Waals surface area contributed by atoms with Crippen LogP contribution in [0.4, 0.5) is 5.69 Å². The third kappa shape index (κ3) is 4.40. The van der Waals surface area contributed by atoms with Crippen molar-refractivity contribution in [3.8, 4) is 5.75 Å². The molecule has 0 aromatic heterocycles. The summed E-state index contributed by atoms with van der Waals surface area (Å²) in [5.74, 6) is 1.80. The molecule has 0 saturated heterocycles. The van der Waals surface area contributed by atoms with Crippen LogP contribution in [0.3, 0.4) is 0 Å². The Morgan fingerprint density at radius 3 is 2.08 bits per heavy atom. The van der Waals surface area contributed by atoms with Crippen molar-refractivity contribution in [2.45, 2.75) is 83.2 Å². The summed E-state index contributed by atoms with van der Waals surface area (Å²) in [6.07, 6.45) is 11.5. The first-order valence-corrected chi connectivity index (χ1v) is 10.3. The maximum absolute atomic E-state index is 11.5. The molecule has 3 rings (SSSR count). The predicted molar refractivity (Wildman–Crippen MR) is 104 cm³/mol. The van der Waals surface area contributed by atoms with E-state index in [0.29, 0.717) is 17.2 Å². The molecule has 0 amide bonds. The second-order valence-electron chi connectivity index (χ2n) is 8.49. The minimum Gasteiger partial charge on any atom is -0.505 e. The average molecular weight is 360 g/mol. The number of aliphatic hydroxyl groups is 1. The van der Waals surface area contributed by atoms with Crippen LogP contribution < -0.4 is 5.73 Å². The Hall–Kier alpha value is -1.55. The fourth-order valence-electron chi connectivity index (χ4n) is 4.93. The second-order valence-corrected chi connectivity index (χ2v) is 8.49. The van der Waals surface area contributed by atoms with E-state index >= 15 is 0 Å².